The van der Waals surface area contributed by atoms with Crippen molar-refractivity contribution in [1.82, 2.24) is 4.90 Å². The van der Waals surface area contributed by atoms with Crippen LogP contribution in [-0.4, -0.2) is 29.9 Å². The summed E-state index contributed by atoms with van der Waals surface area (Å²) in [5, 5.41) is 3.41. The van der Waals surface area contributed by atoms with Gasteiger partial charge >= 0.3 is 0 Å². The first-order valence-corrected chi connectivity index (χ1v) is 8.22. The third kappa shape index (κ3) is 4.23. The molecule has 3 nitrogen and oxygen atoms in total. The van der Waals surface area contributed by atoms with Gasteiger partial charge in [0.15, 0.2) is 0 Å². The molecule has 21 heavy (non-hydrogen) atoms. The van der Waals surface area contributed by atoms with Crippen molar-refractivity contribution >= 4 is 11.6 Å². The van der Waals surface area contributed by atoms with Gasteiger partial charge in [-0.25, -0.2) is 0 Å². The zero-order valence-corrected chi connectivity index (χ0v) is 13.6. The van der Waals surface area contributed by atoms with Crippen LogP contribution < -0.4 is 5.32 Å². The summed E-state index contributed by atoms with van der Waals surface area (Å²) in [5.41, 5.74) is 3.63. The van der Waals surface area contributed by atoms with Crippen LogP contribution in [0.5, 0.6) is 0 Å². The predicted molar refractivity (Wildman–Crippen MR) is 88.7 cm³/mol. The summed E-state index contributed by atoms with van der Waals surface area (Å²) in [7, 11) is 0. The molecular formula is C18H28N2O. The molecule has 0 aliphatic carbocycles. The first-order chi connectivity index (χ1) is 10.1. The van der Waals surface area contributed by atoms with Crippen molar-refractivity contribution in [3.63, 3.8) is 0 Å². The molecule has 1 aromatic rings. The molecule has 1 N–H and O–H groups in total. The molecule has 1 heterocycles. The number of nitrogens with zero attached hydrogens (tertiary/aromatic N) is 1. The molecule has 1 aromatic carbocycles. The highest BCUT2D eigenvalue weighted by Gasteiger charge is 2.24. The number of hydrogen-bond donors (Lipinski definition) is 1. The minimum absolute atomic E-state index is 0.305. The van der Waals surface area contributed by atoms with Crippen LogP contribution in [0.15, 0.2) is 18.2 Å². The van der Waals surface area contributed by atoms with E-state index in [1.54, 1.807) is 0 Å². The quantitative estimate of drug-likeness (QED) is 0.891. The fourth-order valence-corrected chi connectivity index (χ4v) is 3.13. The number of carbonyl (C=O) groups excluding carboxylic acids is 1. The van der Waals surface area contributed by atoms with E-state index in [4.69, 9.17) is 0 Å². The molecular weight excluding hydrogens is 260 g/mol. The fourth-order valence-electron chi connectivity index (χ4n) is 3.13. The van der Waals surface area contributed by atoms with Crippen LogP contribution in [0, 0.1) is 13.8 Å². The van der Waals surface area contributed by atoms with Crippen LogP contribution in [0.2, 0.25) is 0 Å². The predicted octanol–water partition coefficient (Wildman–Crippen LogP) is 3.90. The molecule has 1 fully saturated rings. The van der Waals surface area contributed by atoms with Crippen molar-refractivity contribution in [3.8, 4) is 0 Å². The van der Waals surface area contributed by atoms with E-state index in [9.17, 15) is 4.79 Å². The Morgan fingerprint density at radius 1 is 1.33 bits per heavy atom. The highest BCUT2D eigenvalue weighted by molar-refractivity contribution is 5.77. The molecule has 0 saturated carbocycles. The third-order valence-corrected chi connectivity index (χ3v) is 4.47. The molecule has 0 spiro atoms. The summed E-state index contributed by atoms with van der Waals surface area (Å²) < 4.78 is 0. The zero-order chi connectivity index (χ0) is 15.2. The highest BCUT2D eigenvalue weighted by Crippen LogP contribution is 2.20. The average molecular weight is 288 g/mol. The van der Waals surface area contributed by atoms with Crippen molar-refractivity contribution in [1.29, 1.82) is 0 Å². The molecule has 1 saturated heterocycles. The van der Waals surface area contributed by atoms with Crippen LogP contribution in [0.25, 0.3) is 0 Å². The second kappa shape index (κ2) is 7.48. The van der Waals surface area contributed by atoms with Crippen LogP contribution in [0.4, 0.5) is 5.69 Å². The molecule has 1 aliphatic heterocycles. The minimum Gasteiger partial charge on any atom is -0.384 e. The molecule has 1 unspecified atom stereocenters. The second-order valence-corrected chi connectivity index (χ2v) is 6.14. The number of nitrogens with one attached hydrogen (secondary N) is 1. The lowest BCUT2D eigenvalue weighted by Gasteiger charge is -2.35. The normalized spacial score (nSPS) is 18.6. The van der Waals surface area contributed by atoms with Gasteiger partial charge in [-0.15, -0.1) is 0 Å². The van der Waals surface area contributed by atoms with E-state index in [1.165, 1.54) is 24.0 Å². The van der Waals surface area contributed by atoms with Gasteiger partial charge in [-0.2, -0.15) is 0 Å². The third-order valence-electron chi connectivity index (χ3n) is 4.47. The summed E-state index contributed by atoms with van der Waals surface area (Å²) in [4.78, 5) is 14.5. The fraction of sp³-hybridized carbons (Fsp3) is 0.611. The standard InChI is InChI=1S/C18H28N2O/c1-4-16-7-5-6-12-20(16)18(21)10-11-19-17-13-14(2)8-9-15(17)3/h8-9,13,16,19H,4-7,10-12H2,1-3H3. The molecule has 1 amide bonds. The summed E-state index contributed by atoms with van der Waals surface area (Å²) >= 11 is 0. The van der Waals surface area contributed by atoms with Crippen molar-refractivity contribution in [3.05, 3.63) is 29.3 Å². The van der Waals surface area contributed by atoms with Gasteiger partial charge in [0, 0.05) is 31.2 Å². The number of carbonyl (C=O) groups is 1. The van der Waals surface area contributed by atoms with E-state index >= 15 is 0 Å². The van der Waals surface area contributed by atoms with Gasteiger partial charge in [0.2, 0.25) is 5.91 Å². The molecule has 0 bridgehead atoms. The van der Waals surface area contributed by atoms with E-state index in [-0.39, 0.29) is 0 Å². The maximum atomic E-state index is 12.4. The van der Waals surface area contributed by atoms with Gasteiger partial charge in [0.25, 0.3) is 0 Å². The molecule has 2 rings (SSSR count). The van der Waals surface area contributed by atoms with Gasteiger partial charge < -0.3 is 10.2 Å². The number of rotatable bonds is 5. The van der Waals surface area contributed by atoms with E-state index in [1.807, 2.05) is 0 Å². The highest BCUT2D eigenvalue weighted by atomic mass is 16.2. The van der Waals surface area contributed by atoms with Crippen LogP contribution in [0.1, 0.15) is 50.2 Å². The largest absolute Gasteiger partial charge is 0.384 e. The minimum atomic E-state index is 0.305. The van der Waals surface area contributed by atoms with E-state index < -0.39 is 0 Å². The molecule has 1 atom stereocenters. The molecule has 0 aromatic heterocycles. The Morgan fingerprint density at radius 3 is 2.90 bits per heavy atom. The maximum Gasteiger partial charge on any atom is 0.224 e. The van der Waals surface area contributed by atoms with E-state index in [0.717, 1.165) is 31.6 Å². The van der Waals surface area contributed by atoms with Crippen LogP contribution in [-0.2, 0) is 4.79 Å². The Morgan fingerprint density at radius 2 is 2.14 bits per heavy atom. The average Bonchev–Trinajstić information content (AvgIpc) is 2.50. The van der Waals surface area contributed by atoms with Crippen LogP contribution >= 0.6 is 0 Å². The lowest BCUT2D eigenvalue weighted by atomic mass is 9.99. The van der Waals surface area contributed by atoms with Gasteiger partial charge in [-0.1, -0.05) is 19.1 Å². The number of likely N-dealkylation sites (tertiary alicyclic amines) is 1. The smallest absolute Gasteiger partial charge is 0.224 e. The Kier molecular flexibility index (Phi) is 5.66. The van der Waals surface area contributed by atoms with Crippen molar-refractivity contribution < 1.29 is 4.79 Å². The second-order valence-electron chi connectivity index (χ2n) is 6.14. The molecule has 116 valence electrons. The Balaban J connectivity index is 1.85. The Labute approximate surface area is 128 Å². The monoisotopic (exact) mass is 288 g/mol. The molecule has 1 aliphatic rings. The van der Waals surface area contributed by atoms with Crippen molar-refractivity contribution in [2.45, 2.75) is 58.9 Å². The van der Waals surface area contributed by atoms with Gasteiger partial charge in [0.1, 0.15) is 0 Å². The number of amides is 1. The van der Waals surface area contributed by atoms with E-state index in [0.29, 0.717) is 18.4 Å². The number of anilines is 1. The van der Waals surface area contributed by atoms with Gasteiger partial charge in [0.05, 0.1) is 0 Å². The summed E-state index contributed by atoms with van der Waals surface area (Å²) in [5.74, 6) is 0.305. The number of benzene rings is 1. The number of aryl methyl sites for hydroxylation is 2. The van der Waals surface area contributed by atoms with Crippen molar-refractivity contribution in [2.24, 2.45) is 0 Å². The van der Waals surface area contributed by atoms with Crippen molar-refractivity contribution in [2.75, 3.05) is 18.4 Å². The first-order valence-electron chi connectivity index (χ1n) is 8.22. The molecule has 0 radical (unpaired) electrons. The zero-order valence-electron chi connectivity index (χ0n) is 13.6. The van der Waals surface area contributed by atoms with E-state index in [2.05, 4.69) is 49.2 Å². The first kappa shape index (κ1) is 15.9. The van der Waals surface area contributed by atoms with Gasteiger partial charge in [-0.05, 0) is 56.7 Å². The maximum absolute atomic E-state index is 12.4. The van der Waals surface area contributed by atoms with Gasteiger partial charge in [-0.3, -0.25) is 4.79 Å². The molecule has 3 heteroatoms. The summed E-state index contributed by atoms with van der Waals surface area (Å²) in [6.45, 7) is 8.04. The SMILES string of the molecule is CCC1CCCCN1C(=O)CCNc1cc(C)ccc1C. The summed E-state index contributed by atoms with van der Waals surface area (Å²) in [6, 6.07) is 6.85. The Hall–Kier alpha value is -1.51. The topological polar surface area (TPSA) is 32.3 Å². The Bertz CT molecular complexity index is 484. The lowest BCUT2D eigenvalue weighted by molar-refractivity contribution is -0.134. The summed E-state index contributed by atoms with van der Waals surface area (Å²) in [6.07, 6.45) is 5.27. The number of hydrogen-bond acceptors (Lipinski definition) is 2. The lowest BCUT2D eigenvalue weighted by Crippen LogP contribution is -2.43. The van der Waals surface area contributed by atoms with Crippen LogP contribution in [0.3, 0.4) is 0 Å². The number of piperidine rings is 1.